The Hall–Kier alpha value is -4.10. The highest BCUT2D eigenvalue weighted by atomic mass is 32.1. The zero-order chi connectivity index (χ0) is 34.4. The number of benzene rings is 1. The molecular weight excluding hydrogens is 618 g/mol. The van der Waals surface area contributed by atoms with Gasteiger partial charge in [-0.25, -0.2) is 23.8 Å². The number of hydrogen-bond donors (Lipinski definition) is 3. The summed E-state index contributed by atoms with van der Waals surface area (Å²) in [6.45, 7) is 15.2. The molecule has 13 heteroatoms. The van der Waals surface area contributed by atoms with E-state index in [1.54, 1.807) is 30.0 Å². The Morgan fingerprint density at radius 3 is 2.40 bits per heavy atom. The molecule has 47 heavy (non-hydrogen) atoms. The van der Waals surface area contributed by atoms with Gasteiger partial charge in [0.25, 0.3) is 0 Å². The third-order valence-corrected chi connectivity index (χ3v) is 9.30. The number of carboxylic acid groups (broad SMARTS) is 1. The number of aliphatic carboxylic acids is 1. The predicted molar refractivity (Wildman–Crippen MR) is 185 cm³/mol. The average Bonchev–Trinajstić information content (AvgIpc) is 3.59. The molecule has 3 aromatic heterocycles. The number of likely N-dealkylation sites (tertiary alicyclic amines) is 1. The molecule has 0 radical (unpaired) electrons. The van der Waals surface area contributed by atoms with Crippen LogP contribution < -0.4 is 10.7 Å². The quantitative estimate of drug-likeness (QED) is 0.212. The maximum absolute atomic E-state index is 14.1. The number of carboxylic acids is 1. The number of aryl methyl sites for hydroxylation is 1. The van der Waals surface area contributed by atoms with E-state index in [0.717, 1.165) is 59.1 Å². The van der Waals surface area contributed by atoms with Crippen molar-refractivity contribution in [3.8, 4) is 11.3 Å². The highest BCUT2D eigenvalue weighted by Gasteiger charge is 2.38. The number of pyridine rings is 1. The second-order valence-electron chi connectivity index (χ2n) is 13.7. The Morgan fingerprint density at radius 1 is 1.15 bits per heavy atom. The van der Waals surface area contributed by atoms with E-state index in [9.17, 15) is 19.5 Å². The van der Waals surface area contributed by atoms with Gasteiger partial charge in [0, 0.05) is 22.9 Å². The van der Waals surface area contributed by atoms with Crippen molar-refractivity contribution in [3.05, 3.63) is 53.0 Å². The van der Waals surface area contributed by atoms with Crippen molar-refractivity contribution in [1.82, 2.24) is 24.2 Å². The minimum atomic E-state index is -1.34. The third kappa shape index (κ3) is 6.68. The molecule has 1 aromatic carbocycles. The number of primary amides is 1. The molecule has 1 aliphatic heterocycles. The third-order valence-electron chi connectivity index (χ3n) is 8.95. The summed E-state index contributed by atoms with van der Waals surface area (Å²) in [7, 11) is 0. The van der Waals surface area contributed by atoms with Gasteiger partial charge in [0.15, 0.2) is 11.7 Å². The summed E-state index contributed by atoms with van der Waals surface area (Å²) in [5, 5.41) is 17.0. The number of amides is 2. The zero-order valence-corrected chi connectivity index (χ0v) is 29.0. The number of nitrogens with two attached hydrogens (primary N) is 1. The second-order valence-corrected chi connectivity index (χ2v) is 14.1. The Bertz CT molecular complexity index is 1830. The largest absolute Gasteiger partial charge is 0.480 e. The first kappa shape index (κ1) is 34.2. The Balaban J connectivity index is 1.82. The lowest BCUT2D eigenvalue weighted by Gasteiger charge is -2.33. The molecule has 2 amide bonds. The number of carbonyl (C=O) groups excluding carboxylic acids is 2. The Kier molecular flexibility index (Phi) is 9.61. The van der Waals surface area contributed by atoms with Crippen molar-refractivity contribution in [2.24, 2.45) is 5.73 Å². The number of carbonyl (C=O) groups is 3. The molecule has 4 heterocycles. The van der Waals surface area contributed by atoms with Crippen molar-refractivity contribution >= 4 is 47.1 Å². The van der Waals surface area contributed by atoms with Gasteiger partial charge in [-0.2, -0.15) is 22.7 Å². The lowest BCUT2D eigenvalue weighted by Crippen LogP contribution is -2.54. The molecule has 1 atom stereocenters. The predicted octanol–water partition coefficient (Wildman–Crippen LogP) is 5.01. The van der Waals surface area contributed by atoms with Crippen molar-refractivity contribution < 1.29 is 24.2 Å². The van der Waals surface area contributed by atoms with Gasteiger partial charge in [-0.05, 0) is 107 Å². The van der Waals surface area contributed by atoms with Crippen molar-refractivity contribution in [1.29, 1.82) is 0 Å². The van der Waals surface area contributed by atoms with Crippen molar-refractivity contribution in [2.45, 2.75) is 84.8 Å². The number of rotatable bonds is 9. The van der Waals surface area contributed by atoms with Gasteiger partial charge >= 0.3 is 12.1 Å². The monoisotopic (exact) mass is 663 g/mol. The molecule has 4 aromatic rings. The summed E-state index contributed by atoms with van der Waals surface area (Å²) in [6, 6.07) is 4.87. The van der Waals surface area contributed by atoms with Crippen LogP contribution in [0.4, 0.5) is 4.79 Å². The molecule has 3 N–H and O–H groups in total. The number of piperidine rings is 1. The van der Waals surface area contributed by atoms with Crippen molar-refractivity contribution in [2.75, 3.05) is 30.4 Å². The SMILES string of the molecule is Cc1c(-c2c(C(C)C)c3cc(C4CCN(CC(N)=O)CC4)ccc3n2N(C(=O)OC(C)(C)C)[C@@H](CS)C(=O)O)cn2ncnc2c1C. The van der Waals surface area contributed by atoms with E-state index >= 15 is 0 Å². The van der Waals surface area contributed by atoms with Crippen LogP contribution in [-0.4, -0.2) is 84.3 Å². The molecule has 252 valence electrons. The summed E-state index contributed by atoms with van der Waals surface area (Å²) < 4.78 is 9.30. The van der Waals surface area contributed by atoms with E-state index in [1.165, 1.54) is 11.3 Å². The van der Waals surface area contributed by atoms with Gasteiger partial charge in [-0.3, -0.25) is 9.69 Å². The van der Waals surface area contributed by atoms with Crippen molar-refractivity contribution in [3.63, 3.8) is 0 Å². The first-order valence-corrected chi connectivity index (χ1v) is 16.6. The van der Waals surface area contributed by atoms with E-state index in [-0.39, 0.29) is 30.0 Å². The molecule has 1 fully saturated rings. The number of nitrogens with zero attached hydrogens (tertiary/aromatic N) is 6. The zero-order valence-electron chi connectivity index (χ0n) is 28.1. The average molecular weight is 664 g/mol. The van der Waals surface area contributed by atoms with Gasteiger partial charge in [0.2, 0.25) is 5.91 Å². The highest BCUT2D eigenvalue weighted by molar-refractivity contribution is 7.80. The van der Waals surface area contributed by atoms with Crippen LogP contribution in [0.25, 0.3) is 27.8 Å². The molecular formula is C34H45N7O5S. The van der Waals surface area contributed by atoms with Crippen LogP contribution in [0.5, 0.6) is 0 Å². The lowest BCUT2D eigenvalue weighted by atomic mass is 9.87. The number of hydrogen-bond acceptors (Lipinski definition) is 8. The molecule has 0 bridgehead atoms. The molecule has 0 spiro atoms. The maximum atomic E-state index is 14.1. The summed E-state index contributed by atoms with van der Waals surface area (Å²) in [6.07, 6.45) is 4.33. The Labute approximate surface area is 280 Å². The maximum Gasteiger partial charge on any atom is 0.430 e. The summed E-state index contributed by atoms with van der Waals surface area (Å²) in [4.78, 5) is 44.9. The Morgan fingerprint density at radius 2 is 1.83 bits per heavy atom. The van der Waals surface area contributed by atoms with E-state index in [1.807, 2.05) is 26.1 Å². The number of aromatic nitrogens is 4. The van der Waals surface area contributed by atoms with Crippen LogP contribution in [-0.2, 0) is 14.3 Å². The van der Waals surface area contributed by atoms with Gasteiger partial charge in [0.05, 0.1) is 17.8 Å². The molecule has 5 rings (SSSR count). The van der Waals surface area contributed by atoms with Gasteiger partial charge in [0.1, 0.15) is 11.9 Å². The fourth-order valence-corrected chi connectivity index (χ4v) is 6.95. The molecule has 0 saturated carbocycles. The topological polar surface area (TPSA) is 148 Å². The summed E-state index contributed by atoms with van der Waals surface area (Å²) in [5.74, 6) is -1.44. The summed E-state index contributed by atoms with van der Waals surface area (Å²) in [5.41, 5.74) is 11.4. The fraction of sp³-hybridized carbons (Fsp3) is 0.500. The van der Waals surface area contributed by atoms with Gasteiger partial charge < -0.3 is 15.6 Å². The molecule has 1 aliphatic rings. The number of ether oxygens (including phenoxy) is 1. The first-order valence-electron chi connectivity index (χ1n) is 16.0. The number of fused-ring (bicyclic) bond motifs is 2. The van der Waals surface area contributed by atoms with Crippen LogP contribution in [0.2, 0.25) is 0 Å². The van der Waals surface area contributed by atoms with Crippen LogP contribution in [0.3, 0.4) is 0 Å². The molecule has 12 nitrogen and oxygen atoms in total. The molecule has 0 unspecified atom stereocenters. The van der Waals surface area contributed by atoms with Crippen LogP contribution in [0.15, 0.2) is 30.7 Å². The van der Waals surface area contributed by atoms with E-state index < -0.39 is 23.7 Å². The summed E-state index contributed by atoms with van der Waals surface area (Å²) >= 11 is 4.40. The second kappa shape index (κ2) is 13.2. The van der Waals surface area contributed by atoms with Gasteiger partial charge in [-0.15, -0.1) is 0 Å². The molecule has 1 saturated heterocycles. The highest BCUT2D eigenvalue weighted by Crippen LogP contribution is 2.43. The molecule has 0 aliphatic carbocycles. The standard InChI is InChI=1S/C34H45N7O5S/c1-19(2)29-24-14-23(22-10-12-38(13-11-22)16-28(35)42)8-9-26(24)40(41(27(17-47)32(43)44)33(45)46-34(5,6)7)30(29)25-15-39-31(36-18-37-39)21(4)20(25)3/h8-9,14-15,18-19,22,27,47H,10-13,16-17H2,1-7H3,(H2,35,42)(H,43,44)/t27-/m0/s1. The van der Waals surface area contributed by atoms with Gasteiger partial charge in [-0.1, -0.05) is 19.9 Å². The van der Waals surface area contributed by atoms with E-state index in [2.05, 4.69) is 53.6 Å². The van der Waals surface area contributed by atoms with Crippen LogP contribution in [0.1, 0.15) is 81.5 Å². The van der Waals surface area contributed by atoms with Crippen LogP contribution >= 0.6 is 12.6 Å². The van der Waals surface area contributed by atoms with E-state index in [0.29, 0.717) is 16.9 Å². The normalized spacial score (nSPS) is 15.4. The lowest BCUT2D eigenvalue weighted by molar-refractivity contribution is -0.138. The van der Waals surface area contributed by atoms with E-state index in [4.69, 9.17) is 10.5 Å². The fourth-order valence-electron chi connectivity index (χ4n) is 6.64. The number of thiol groups is 1. The minimum Gasteiger partial charge on any atom is -0.480 e. The van der Waals surface area contributed by atoms with Crippen LogP contribution in [0, 0.1) is 13.8 Å². The smallest absolute Gasteiger partial charge is 0.430 e. The first-order chi connectivity index (χ1) is 22.1. The minimum absolute atomic E-state index is 0.0210.